The molecule has 0 aliphatic rings. The standard InChI is InChI=1S/C16H16BrCl2N/c1-3-20-16(12-5-4-6-14(17)10(12)2)13-9-11(18)7-8-15(13)19/h4-9,16,20H,3H2,1-2H3. The Bertz CT molecular complexity index is 611. The van der Waals surface area contributed by atoms with Crippen LogP contribution in [0.1, 0.15) is 29.7 Å². The highest BCUT2D eigenvalue weighted by Crippen LogP contribution is 2.34. The van der Waals surface area contributed by atoms with E-state index in [0.29, 0.717) is 5.02 Å². The Morgan fingerprint density at radius 2 is 1.90 bits per heavy atom. The molecule has 20 heavy (non-hydrogen) atoms. The number of hydrogen-bond acceptors (Lipinski definition) is 1. The van der Waals surface area contributed by atoms with Crippen LogP contribution in [0.25, 0.3) is 0 Å². The molecule has 1 unspecified atom stereocenters. The van der Waals surface area contributed by atoms with Gasteiger partial charge in [0.05, 0.1) is 6.04 Å². The van der Waals surface area contributed by atoms with E-state index in [1.807, 2.05) is 30.3 Å². The number of nitrogens with one attached hydrogen (secondary N) is 1. The molecular formula is C16H16BrCl2N. The molecule has 0 amide bonds. The fourth-order valence-electron chi connectivity index (χ4n) is 2.26. The molecule has 106 valence electrons. The van der Waals surface area contributed by atoms with E-state index in [1.165, 1.54) is 11.1 Å². The molecule has 1 N–H and O–H groups in total. The molecule has 2 aromatic rings. The van der Waals surface area contributed by atoms with Crippen LogP contribution >= 0.6 is 39.1 Å². The number of rotatable bonds is 4. The van der Waals surface area contributed by atoms with Crippen molar-refractivity contribution in [1.82, 2.24) is 5.32 Å². The van der Waals surface area contributed by atoms with E-state index in [4.69, 9.17) is 23.2 Å². The lowest BCUT2D eigenvalue weighted by molar-refractivity contribution is 0.627. The zero-order valence-corrected chi connectivity index (χ0v) is 14.5. The van der Waals surface area contributed by atoms with E-state index in [0.717, 1.165) is 21.6 Å². The van der Waals surface area contributed by atoms with Gasteiger partial charge in [-0.25, -0.2) is 0 Å². The third-order valence-electron chi connectivity index (χ3n) is 3.30. The first-order valence-electron chi connectivity index (χ1n) is 6.48. The summed E-state index contributed by atoms with van der Waals surface area (Å²) in [5.74, 6) is 0. The van der Waals surface area contributed by atoms with Crippen molar-refractivity contribution in [1.29, 1.82) is 0 Å². The molecule has 2 rings (SSSR count). The van der Waals surface area contributed by atoms with Crippen molar-refractivity contribution in [3.05, 3.63) is 67.6 Å². The monoisotopic (exact) mass is 371 g/mol. The summed E-state index contributed by atoms with van der Waals surface area (Å²) >= 11 is 16.1. The first kappa shape index (κ1) is 15.8. The summed E-state index contributed by atoms with van der Waals surface area (Å²) in [7, 11) is 0. The second kappa shape index (κ2) is 6.95. The molecule has 0 aromatic heterocycles. The first-order chi connectivity index (χ1) is 9.54. The van der Waals surface area contributed by atoms with Gasteiger partial charge in [0, 0.05) is 14.5 Å². The summed E-state index contributed by atoms with van der Waals surface area (Å²) in [6.45, 7) is 5.03. The predicted molar refractivity (Wildman–Crippen MR) is 90.9 cm³/mol. The van der Waals surface area contributed by atoms with Gasteiger partial charge in [-0.1, -0.05) is 58.2 Å². The number of benzene rings is 2. The molecule has 2 aromatic carbocycles. The Morgan fingerprint density at radius 3 is 2.60 bits per heavy atom. The predicted octanol–water partition coefficient (Wildman–Crippen LogP) is 5.76. The minimum atomic E-state index is 0.0312. The molecule has 4 heteroatoms. The fourth-order valence-corrected chi connectivity index (χ4v) is 3.05. The van der Waals surface area contributed by atoms with Crippen molar-refractivity contribution < 1.29 is 0 Å². The van der Waals surface area contributed by atoms with Gasteiger partial charge >= 0.3 is 0 Å². The number of hydrogen-bond donors (Lipinski definition) is 1. The van der Waals surface area contributed by atoms with Crippen LogP contribution < -0.4 is 5.32 Å². The zero-order valence-electron chi connectivity index (χ0n) is 11.4. The lowest BCUT2D eigenvalue weighted by Crippen LogP contribution is -2.23. The Balaban J connectivity index is 2.56. The highest BCUT2D eigenvalue weighted by atomic mass is 79.9. The summed E-state index contributed by atoms with van der Waals surface area (Å²) in [5.41, 5.74) is 3.40. The summed E-state index contributed by atoms with van der Waals surface area (Å²) in [5, 5.41) is 4.90. The highest BCUT2D eigenvalue weighted by molar-refractivity contribution is 9.10. The Hall–Kier alpha value is -0.540. The average Bonchev–Trinajstić information content (AvgIpc) is 2.43. The smallest absolute Gasteiger partial charge is 0.0594 e. The molecule has 1 nitrogen and oxygen atoms in total. The Labute approximate surface area is 138 Å². The second-order valence-electron chi connectivity index (χ2n) is 4.61. The van der Waals surface area contributed by atoms with Crippen molar-refractivity contribution in [3.63, 3.8) is 0 Å². The maximum absolute atomic E-state index is 6.36. The molecule has 0 saturated carbocycles. The minimum absolute atomic E-state index is 0.0312. The minimum Gasteiger partial charge on any atom is -0.306 e. The van der Waals surface area contributed by atoms with E-state index in [-0.39, 0.29) is 6.04 Å². The van der Waals surface area contributed by atoms with Crippen LogP contribution in [-0.2, 0) is 0 Å². The lowest BCUT2D eigenvalue weighted by Gasteiger charge is -2.22. The quantitative estimate of drug-likeness (QED) is 0.718. The molecule has 0 heterocycles. The lowest BCUT2D eigenvalue weighted by atomic mass is 9.95. The van der Waals surface area contributed by atoms with E-state index in [9.17, 15) is 0 Å². The number of halogens is 3. The largest absolute Gasteiger partial charge is 0.306 e. The van der Waals surface area contributed by atoms with Crippen molar-refractivity contribution in [3.8, 4) is 0 Å². The SMILES string of the molecule is CCNC(c1cc(Cl)ccc1Cl)c1cccc(Br)c1C. The second-order valence-corrected chi connectivity index (χ2v) is 6.31. The van der Waals surface area contributed by atoms with Gasteiger partial charge in [-0.15, -0.1) is 0 Å². The van der Waals surface area contributed by atoms with Gasteiger partial charge in [-0.3, -0.25) is 0 Å². The molecule has 0 radical (unpaired) electrons. The molecule has 0 aliphatic heterocycles. The van der Waals surface area contributed by atoms with Crippen LogP contribution in [-0.4, -0.2) is 6.54 Å². The highest BCUT2D eigenvalue weighted by Gasteiger charge is 2.19. The normalized spacial score (nSPS) is 12.4. The van der Waals surface area contributed by atoms with Crippen molar-refractivity contribution in [2.24, 2.45) is 0 Å². The third kappa shape index (κ3) is 3.37. The van der Waals surface area contributed by atoms with E-state index in [2.05, 4.69) is 41.2 Å². The van der Waals surface area contributed by atoms with E-state index < -0.39 is 0 Å². The Morgan fingerprint density at radius 1 is 1.15 bits per heavy atom. The van der Waals surface area contributed by atoms with Crippen LogP contribution in [0.2, 0.25) is 10.0 Å². The summed E-state index contributed by atoms with van der Waals surface area (Å²) in [6.07, 6.45) is 0. The first-order valence-corrected chi connectivity index (χ1v) is 8.02. The third-order valence-corrected chi connectivity index (χ3v) is 4.74. The van der Waals surface area contributed by atoms with E-state index >= 15 is 0 Å². The fraction of sp³-hybridized carbons (Fsp3) is 0.250. The van der Waals surface area contributed by atoms with Crippen molar-refractivity contribution in [2.75, 3.05) is 6.54 Å². The van der Waals surface area contributed by atoms with Gasteiger partial charge in [-0.05, 0) is 54.4 Å². The maximum atomic E-state index is 6.36. The molecular weight excluding hydrogens is 357 g/mol. The topological polar surface area (TPSA) is 12.0 Å². The van der Waals surface area contributed by atoms with Crippen LogP contribution in [0.3, 0.4) is 0 Å². The van der Waals surface area contributed by atoms with Gasteiger partial charge in [0.15, 0.2) is 0 Å². The van der Waals surface area contributed by atoms with Gasteiger partial charge < -0.3 is 5.32 Å². The summed E-state index contributed by atoms with van der Waals surface area (Å²) < 4.78 is 1.09. The van der Waals surface area contributed by atoms with Gasteiger partial charge in [-0.2, -0.15) is 0 Å². The van der Waals surface area contributed by atoms with E-state index in [1.54, 1.807) is 0 Å². The summed E-state index contributed by atoms with van der Waals surface area (Å²) in [4.78, 5) is 0. The van der Waals surface area contributed by atoms with Gasteiger partial charge in [0.25, 0.3) is 0 Å². The molecule has 0 aliphatic carbocycles. The molecule has 0 saturated heterocycles. The van der Waals surface area contributed by atoms with Crippen molar-refractivity contribution >= 4 is 39.1 Å². The average molecular weight is 373 g/mol. The van der Waals surface area contributed by atoms with Crippen LogP contribution in [0.5, 0.6) is 0 Å². The molecule has 0 bridgehead atoms. The summed E-state index contributed by atoms with van der Waals surface area (Å²) in [6, 6.07) is 11.8. The molecule has 1 atom stereocenters. The van der Waals surface area contributed by atoms with Crippen molar-refractivity contribution in [2.45, 2.75) is 19.9 Å². The van der Waals surface area contributed by atoms with Gasteiger partial charge in [0.2, 0.25) is 0 Å². The van der Waals surface area contributed by atoms with Crippen LogP contribution in [0.4, 0.5) is 0 Å². The van der Waals surface area contributed by atoms with Crippen LogP contribution in [0, 0.1) is 6.92 Å². The molecule has 0 fully saturated rings. The Kier molecular flexibility index (Phi) is 5.50. The van der Waals surface area contributed by atoms with Gasteiger partial charge in [0.1, 0.15) is 0 Å². The maximum Gasteiger partial charge on any atom is 0.0594 e. The molecule has 0 spiro atoms. The van der Waals surface area contributed by atoms with Crippen LogP contribution in [0.15, 0.2) is 40.9 Å². The zero-order chi connectivity index (χ0) is 14.7.